The van der Waals surface area contributed by atoms with E-state index in [2.05, 4.69) is 22.2 Å². The summed E-state index contributed by atoms with van der Waals surface area (Å²) < 4.78 is 5.82. The van der Waals surface area contributed by atoms with Crippen LogP contribution in [-0.2, 0) is 11.3 Å². The van der Waals surface area contributed by atoms with Crippen LogP contribution < -0.4 is 5.32 Å². The van der Waals surface area contributed by atoms with Crippen molar-refractivity contribution in [2.45, 2.75) is 52.2 Å². The Labute approximate surface area is 103 Å². The average Bonchev–Trinajstić information content (AvgIpc) is 2.79. The van der Waals surface area contributed by atoms with Crippen LogP contribution in [0.3, 0.4) is 0 Å². The Bertz CT molecular complexity index is 362. The summed E-state index contributed by atoms with van der Waals surface area (Å²) >= 11 is 0. The van der Waals surface area contributed by atoms with E-state index >= 15 is 0 Å². The lowest BCUT2D eigenvalue weighted by Crippen LogP contribution is -2.11. The lowest BCUT2D eigenvalue weighted by atomic mass is 10.3. The van der Waals surface area contributed by atoms with Gasteiger partial charge >= 0.3 is 0 Å². The molecule has 1 aromatic rings. The number of hydrogen-bond acceptors (Lipinski definition) is 4. The lowest BCUT2D eigenvalue weighted by molar-refractivity contribution is 0.0417. The van der Waals surface area contributed by atoms with Crippen LogP contribution in [0.4, 0.5) is 5.82 Å². The van der Waals surface area contributed by atoms with Gasteiger partial charge in [-0.25, -0.2) is 9.97 Å². The van der Waals surface area contributed by atoms with Crippen molar-refractivity contribution in [3.63, 3.8) is 0 Å². The Morgan fingerprint density at radius 1 is 1.35 bits per heavy atom. The molecule has 94 valence electrons. The van der Waals surface area contributed by atoms with Gasteiger partial charge in [-0.05, 0) is 26.7 Å². The summed E-state index contributed by atoms with van der Waals surface area (Å²) in [5.74, 6) is 1.68. The number of rotatable bonds is 5. The molecule has 1 fully saturated rings. The average molecular weight is 235 g/mol. The molecular weight excluding hydrogens is 214 g/mol. The van der Waals surface area contributed by atoms with Crippen LogP contribution in [0.25, 0.3) is 0 Å². The molecule has 1 heterocycles. The molecule has 0 spiro atoms. The number of nitrogens with zero attached hydrogens (tertiary/aromatic N) is 2. The van der Waals surface area contributed by atoms with Crippen LogP contribution in [0.15, 0.2) is 6.07 Å². The van der Waals surface area contributed by atoms with E-state index in [1.807, 2.05) is 13.0 Å². The Morgan fingerprint density at radius 2 is 2.12 bits per heavy atom. The first kappa shape index (κ1) is 12.3. The lowest BCUT2D eigenvalue weighted by Gasteiger charge is -2.11. The van der Waals surface area contributed by atoms with Crippen molar-refractivity contribution in [3.05, 3.63) is 17.6 Å². The maximum atomic E-state index is 5.82. The summed E-state index contributed by atoms with van der Waals surface area (Å²) in [4.78, 5) is 8.84. The van der Waals surface area contributed by atoms with Crippen LogP contribution in [-0.4, -0.2) is 22.6 Å². The molecule has 1 saturated carbocycles. The normalized spacial score (nSPS) is 16.4. The number of nitrogens with one attached hydrogen (secondary N) is 1. The summed E-state index contributed by atoms with van der Waals surface area (Å²) in [6.07, 6.45) is 5.38. The van der Waals surface area contributed by atoms with Gasteiger partial charge in [0.1, 0.15) is 12.4 Å². The van der Waals surface area contributed by atoms with Crippen molar-refractivity contribution >= 4 is 5.82 Å². The predicted molar refractivity (Wildman–Crippen MR) is 68.0 cm³/mol. The second kappa shape index (κ2) is 5.96. The number of hydrogen-bond donors (Lipinski definition) is 1. The highest BCUT2D eigenvalue weighted by Crippen LogP contribution is 2.21. The van der Waals surface area contributed by atoms with Crippen molar-refractivity contribution in [2.24, 2.45) is 0 Å². The third-order valence-corrected chi connectivity index (χ3v) is 3.01. The van der Waals surface area contributed by atoms with Crippen LogP contribution in [0, 0.1) is 6.92 Å². The number of aryl methyl sites for hydroxylation is 1. The zero-order chi connectivity index (χ0) is 12.1. The topological polar surface area (TPSA) is 47.0 Å². The van der Waals surface area contributed by atoms with Gasteiger partial charge in [-0.3, -0.25) is 0 Å². The van der Waals surface area contributed by atoms with Crippen molar-refractivity contribution in [1.29, 1.82) is 0 Å². The van der Waals surface area contributed by atoms with E-state index in [0.29, 0.717) is 12.7 Å². The smallest absolute Gasteiger partial charge is 0.156 e. The SMILES string of the molecule is CCNc1cc(C)nc(COC2CCCC2)n1. The second-order valence-corrected chi connectivity index (χ2v) is 4.56. The highest BCUT2D eigenvalue weighted by molar-refractivity contribution is 5.35. The minimum absolute atomic E-state index is 0.418. The largest absolute Gasteiger partial charge is 0.370 e. The molecule has 0 saturated heterocycles. The molecule has 0 aliphatic heterocycles. The fourth-order valence-corrected chi connectivity index (χ4v) is 2.21. The van der Waals surface area contributed by atoms with Crippen LogP contribution in [0.5, 0.6) is 0 Å². The second-order valence-electron chi connectivity index (χ2n) is 4.56. The Hall–Kier alpha value is -1.16. The van der Waals surface area contributed by atoms with E-state index in [9.17, 15) is 0 Å². The molecule has 0 amide bonds. The zero-order valence-electron chi connectivity index (χ0n) is 10.7. The van der Waals surface area contributed by atoms with Gasteiger partial charge in [0.15, 0.2) is 5.82 Å². The molecule has 1 aliphatic rings. The van der Waals surface area contributed by atoms with Gasteiger partial charge in [0, 0.05) is 18.3 Å². The fraction of sp³-hybridized carbons (Fsp3) is 0.692. The van der Waals surface area contributed by atoms with Gasteiger partial charge in [0.25, 0.3) is 0 Å². The van der Waals surface area contributed by atoms with Crippen molar-refractivity contribution < 1.29 is 4.74 Å². The standard InChI is InChI=1S/C13H21N3O/c1-3-14-12-8-10(2)15-13(16-12)9-17-11-6-4-5-7-11/h8,11H,3-7,9H2,1-2H3,(H,14,15,16). The van der Waals surface area contributed by atoms with Crippen molar-refractivity contribution in [3.8, 4) is 0 Å². The van der Waals surface area contributed by atoms with Crippen LogP contribution in [0.1, 0.15) is 44.1 Å². The van der Waals surface area contributed by atoms with E-state index in [1.165, 1.54) is 25.7 Å². The molecule has 1 aliphatic carbocycles. The van der Waals surface area contributed by atoms with E-state index < -0.39 is 0 Å². The maximum absolute atomic E-state index is 5.82. The van der Waals surface area contributed by atoms with Crippen LogP contribution in [0.2, 0.25) is 0 Å². The Balaban J connectivity index is 1.94. The maximum Gasteiger partial charge on any atom is 0.156 e. The molecule has 1 aromatic heterocycles. The highest BCUT2D eigenvalue weighted by Gasteiger charge is 2.15. The van der Waals surface area contributed by atoms with E-state index in [4.69, 9.17) is 4.74 Å². The van der Waals surface area contributed by atoms with Gasteiger partial charge in [-0.2, -0.15) is 0 Å². The molecule has 0 radical (unpaired) electrons. The molecule has 0 aromatic carbocycles. The number of aromatic nitrogens is 2. The third-order valence-electron chi connectivity index (χ3n) is 3.01. The summed E-state index contributed by atoms with van der Waals surface area (Å²) in [6.45, 7) is 5.46. The quantitative estimate of drug-likeness (QED) is 0.852. The molecule has 2 rings (SSSR count). The molecular formula is C13H21N3O. The van der Waals surface area contributed by atoms with Crippen molar-refractivity contribution in [1.82, 2.24) is 9.97 Å². The Morgan fingerprint density at radius 3 is 2.82 bits per heavy atom. The third kappa shape index (κ3) is 3.66. The number of anilines is 1. The van der Waals surface area contributed by atoms with E-state index in [1.54, 1.807) is 0 Å². The van der Waals surface area contributed by atoms with Gasteiger partial charge in [0.05, 0.1) is 6.10 Å². The molecule has 1 N–H and O–H groups in total. The summed E-state index contributed by atoms with van der Waals surface area (Å²) in [7, 11) is 0. The Kier molecular flexibility index (Phi) is 4.31. The molecule has 0 unspecified atom stereocenters. The summed E-state index contributed by atoms with van der Waals surface area (Å²) in [5, 5.41) is 3.21. The fourth-order valence-electron chi connectivity index (χ4n) is 2.21. The molecule has 0 bridgehead atoms. The minimum atomic E-state index is 0.418. The van der Waals surface area contributed by atoms with Gasteiger partial charge in [-0.1, -0.05) is 12.8 Å². The molecule has 4 heteroatoms. The first-order valence-electron chi connectivity index (χ1n) is 6.48. The monoisotopic (exact) mass is 235 g/mol. The first-order chi connectivity index (χ1) is 8.28. The van der Waals surface area contributed by atoms with E-state index in [0.717, 1.165) is 23.9 Å². The van der Waals surface area contributed by atoms with Gasteiger partial charge < -0.3 is 10.1 Å². The van der Waals surface area contributed by atoms with E-state index in [-0.39, 0.29) is 0 Å². The van der Waals surface area contributed by atoms with Gasteiger partial charge in [0.2, 0.25) is 0 Å². The van der Waals surface area contributed by atoms with Gasteiger partial charge in [-0.15, -0.1) is 0 Å². The summed E-state index contributed by atoms with van der Waals surface area (Å²) in [6, 6.07) is 1.96. The molecule has 4 nitrogen and oxygen atoms in total. The molecule has 17 heavy (non-hydrogen) atoms. The minimum Gasteiger partial charge on any atom is -0.370 e. The predicted octanol–water partition coefficient (Wildman–Crippen LogP) is 2.68. The summed E-state index contributed by atoms with van der Waals surface area (Å²) in [5.41, 5.74) is 0.987. The number of ether oxygens (including phenoxy) is 1. The van der Waals surface area contributed by atoms with Crippen molar-refractivity contribution in [2.75, 3.05) is 11.9 Å². The highest BCUT2D eigenvalue weighted by atomic mass is 16.5. The first-order valence-corrected chi connectivity index (χ1v) is 6.48. The van der Waals surface area contributed by atoms with Crippen LogP contribution >= 0.6 is 0 Å². The molecule has 0 atom stereocenters. The zero-order valence-corrected chi connectivity index (χ0v) is 10.7.